The Bertz CT molecular complexity index is 577. The van der Waals surface area contributed by atoms with E-state index in [4.69, 9.17) is 9.84 Å². The second kappa shape index (κ2) is 6.34. The molecule has 0 saturated carbocycles. The molecule has 0 bridgehead atoms. The van der Waals surface area contributed by atoms with Gasteiger partial charge in [0.15, 0.2) is 6.10 Å². The van der Waals surface area contributed by atoms with Gasteiger partial charge in [0.1, 0.15) is 5.75 Å². The fourth-order valence-electron chi connectivity index (χ4n) is 2.50. The van der Waals surface area contributed by atoms with Gasteiger partial charge in [-0.15, -0.1) is 0 Å². The number of hydrogen-bond acceptors (Lipinski definition) is 3. The summed E-state index contributed by atoms with van der Waals surface area (Å²) in [5.41, 5.74) is -1.34. The molecule has 0 aliphatic carbocycles. The molecular formula is C16H20FNO4. The van der Waals surface area contributed by atoms with Gasteiger partial charge < -0.3 is 14.7 Å². The average Bonchev–Trinajstić information content (AvgIpc) is 2.88. The van der Waals surface area contributed by atoms with Crippen molar-refractivity contribution in [3.8, 4) is 5.75 Å². The lowest BCUT2D eigenvalue weighted by Gasteiger charge is -2.24. The van der Waals surface area contributed by atoms with E-state index in [1.54, 1.807) is 13.0 Å². The normalized spacial score (nSPS) is 22.4. The van der Waals surface area contributed by atoms with Gasteiger partial charge in [-0.05, 0) is 31.0 Å². The number of aliphatic carboxylic acids is 1. The van der Waals surface area contributed by atoms with Gasteiger partial charge in [-0.1, -0.05) is 19.1 Å². The summed E-state index contributed by atoms with van der Waals surface area (Å²) < 4.78 is 19.7. The zero-order valence-electron chi connectivity index (χ0n) is 12.7. The first kappa shape index (κ1) is 16.3. The van der Waals surface area contributed by atoms with Crippen LogP contribution in [-0.4, -0.2) is 46.7 Å². The van der Waals surface area contributed by atoms with E-state index in [0.29, 0.717) is 12.2 Å². The molecule has 5 nitrogen and oxygen atoms in total. The maximum atomic E-state index is 14.1. The molecule has 1 aliphatic rings. The molecule has 2 rings (SSSR count). The number of carbonyl (C=O) groups is 2. The number of carboxylic acid groups (broad SMARTS) is 1. The summed E-state index contributed by atoms with van der Waals surface area (Å²) in [5.74, 6) is -1.32. The third-order valence-corrected chi connectivity index (χ3v) is 3.83. The van der Waals surface area contributed by atoms with E-state index in [1.807, 2.05) is 25.1 Å². The van der Waals surface area contributed by atoms with Crippen LogP contribution in [0.25, 0.3) is 0 Å². The fraction of sp³-hybridized carbons (Fsp3) is 0.500. The van der Waals surface area contributed by atoms with Crippen molar-refractivity contribution >= 4 is 11.9 Å². The second-order valence-corrected chi connectivity index (χ2v) is 5.61. The summed E-state index contributed by atoms with van der Waals surface area (Å²) in [5, 5.41) is 8.89. The lowest BCUT2D eigenvalue weighted by Crippen LogP contribution is -2.44. The highest BCUT2D eigenvalue weighted by Gasteiger charge is 2.47. The van der Waals surface area contributed by atoms with Crippen LogP contribution in [0.5, 0.6) is 5.75 Å². The minimum atomic E-state index is -2.35. The van der Waals surface area contributed by atoms with E-state index in [0.717, 1.165) is 5.56 Å². The van der Waals surface area contributed by atoms with Gasteiger partial charge in [-0.2, -0.15) is 0 Å². The van der Waals surface area contributed by atoms with E-state index in [2.05, 4.69) is 0 Å². The summed E-state index contributed by atoms with van der Waals surface area (Å²) in [7, 11) is 0. The molecule has 0 spiro atoms. The third kappa shape index (κ3) is 3.37. The van der Waals surface area contributed by atoms with E-state index in [-0.39, 0.29) is 18.9 Å². The number of halogens is 1. The largest absolute Gasteiger partial charge is 0.481 e. The quantitative estimate of drug-likeness (QED) is 0.905. The van der Waals surface area contributed by atoms with Crippen LogP contribution >= 0.6 is 0 Å². The lowest BCUT2D eigenvalue weighted by atomic mass is 10.1. The summed E-state index contributed by atoms with van der Waals surface area (Å²) >= 11 is 0. The Morgan fingerprint density at radius 3 is 2.77 bits per heavy atom. The number of hydrogen-bond donors (Lipinski definition) is 1. The highest BCUT2D eigenvalue weighted by atomic mass is 19.1. The Kier molecular flexibility index (Phi) is 4.68. The van der Waals surface area contributed by atoms with Crippen LogP contribution in [0, 0.1) is 6.92 Å². The Balaban J connectivity index is 2.05. The maximum Gasteiger partial charge on any atom is 0.343 e. The zero-order chi connectivity index (χ0) is 16.3. The van der Waals surface area contributed by atoms with Crippen LogP contribution in [0.2, 0.25) is 0 Å². The van der Waals surface area contributed by atoms with Crippen LogP contribution in [0.4, 0.5) is 4.39 Å². The molecule has 22 heavy (non-hydrogen) atoms. The van der Waals surface area contributed by atoms with Gasteiger partial charge in [0.2, 0.25) is 5.67 Å². The van der Waals surface area contributed by atoms with Crippen LogP contribution in [-0.2, 0) is 9.59 Å². The van der Waals surface area contributed by atoms with E-state index in [9.17, 15) is 14.0 Å². The molecule has 0 aromatic heterocycles. The standard InChI is InChI=1S/C16H20FNO4/c1-3-13(22-12-6-4-5-11(2)9-12)14(19)18-8-7-16(17,10-18)15(20)21/h4-6,9,13H,3,7-8,10H2,1-2H3,(H,20,21). The molecular weight excluding hydrogens is 289 g/mol. The maximum absolute atomic E-state index is 14.1. The van der Waals surface area contributed by atoms with Crippen molar-refractivity contribution in [3.05, 3.63) is 29.8 Å². The van der Waals surface area contributed by atoms with Crippen molar-refractivity contribution < 1.29 is 23.8 Å². The molecule has 1 saturated heterocycles. The predicted octanol–water partition coefficient (Wildman–Crippen LogP) is 2.18. The average molecular weight is 309 g/mol. The van der Waals surface area contributed by atoms with Crippen LogP contribution < -0.4 is 4.74 Å². The van der Waals surface area contributed by atoms with E-state index < -0.39 is 24.3 Å². The first-order valence-electron chi connectivity index (χ1n) is 7.30. The van der Waals surface area contributed by atoms with Gasteiger partial charge in [0.05, 0.1) is 6.54 Å². The molecule has 2 atom stereocenters. The molecule has 1 heterocycles. The molecule has 6 heteroatoms. The summed E-state index contributed by atoms with van der Waals surface area (Å²) in [4.78, 5) is 24.6. The minimum absolute atomic E-state index is 0.0926. The van der Waals surface area contributed by atoms with E-state index >= 15 is 0 Å². The number of carboxylic acids is 1. The molecule has 120 valence electrons. The Morgan fingerprint density at radius 1 is 1.50 bits per heavy atom. The Hall–Kier alpha value is -2.11. The van der Waals surface area contributed by atoms with Gasteiger partial charge in [-0.25, -0.2) is 9.18 Å². The first-order valence-corrected chi connectivity index (χ1v) is 7.30. The number of amides is 1. The van der Waals surface area contributed by atoms with Crippen molar-refractivity contribution in [2.24, 2.45) is 0 Å². The predicted molar refractivity (Wildman–Crippen MR) is 78.6 cm³/mol. The third-order valence-electron chi connectivity index (χ3n) is 3.83. The minimum Gasteiger partial charge on any atom is -0.481 e. The monoisotopic (exact) mass is 309 g/mol. The molecule has 1 aliphatic heterocycles. The van der Waals surface area contributed by atoms with Crippen molar-refractivity contribution in [3.63, 3.8) is 0 Å². The molecule has 0 radical (unpaired) electrons. The summed E-state index contributed by atoms with van der Waals surface area (Å²) in [6, 6.07) is 7.31. The summed E-state index contributed by atoms with van der Waals surface area (Å²) in [6.07, 6.45) is -0.497. The molecule has 2 unspecified atom stereocenters. The smallest absolute Gasteiger partial charge is 0.343 e. The van der Waals surface area contributed by atoms with Crippen molar-refractivity contribution in [1.82, 2.24) is 4.90 Å². The highest BCUT2D eigenvalue weighted by Crippen LogP contribution is 2.27. The van der Waals surface area contributed by atoms with Crippen molar-refractivity contribution in [1.29, 1.82) is 0 Å². The number of ether oxygens (including phenoxy) is 1. The van der Waals surface area contributed by atoms with Gasteiger partial charge >= 0.3 is 5.97 Å². The number of aryl methyl sites for hydroxylation is 1. The van der Waals surface area contributed by atoms with Gasteiger partial charge in [0.25, 0.3) is 5.91 Å². The lowest BCUT2D eigenvalue weighted by molar-refractivity contribution is -0.150. The fourth-order valence-corrected chi connectivity index (χ4v) is 2.50. The number of likely N-dealkylation sites (tertiary alicyclic amines) is 1. The topological polar surface area (TPSA) is 66.8 Å². The molecule has 1 N–H and O–H groups in total. The molecule has 1 amide bonds. The highest BCUT2D eigenvalue weighted by molar-refractivity contribution is 5.84. The van der Waals surface area contributed by atoms with Crippen molar-refractivity contribution in [2.75, 3.05) is 13.1 Å². The van der Waals surface area contributed by atoms with Crippen LogP contribution in [0.3, 0.4) is 0 Å². The summed E-state index contributed by atoms with van der Waals surface area (Å²) in [6.45, 7) is 3.39. The Labute approximate surface area is 128 Å². The Morgan fingerprint density at radius 2 is 2.23 bits per heavy atom. The number of nitrogens with zero attached hydrogens (tertiary/aromatic N) is 1. The van der Waals surface area contributed by atoms with Crippen LogP contribution in [0.15, 0.2) is 24.3 Å². The van der Waals surface area contributed by atoms with Crippen LogP contribution in [0.1, 0.15) is 25.3 Å². The van der Waals surface area contributed by atoms with Gasteiger partial charge in [-0.3, -0.25) is 4.79 Å². The number of alkyl halides is 1. The van der Waals surface area contributed by atoms with Gasteiger partial charge in [0, 0.05) is 13.0 Å². The number of benzene rings is 1. The molecule has 1 fully saturated rings. The van der Waals surface area contributed by atoms with Crippen molar-refractivity contribution in [2.45, 2.75) is 38.5 Å². The number of carbonyl (C=O) groups excluding carboxylic acids is 1. The molecule has 1 aromatic rings. The second-order valence-electron chi connectivity index (χ2n) is 5.61. The zero-order valence-corrected chi connectivity index (χ0v) is 12.7. The van der Waals surface area contributed by atoms with E-state index in [1.165, 1.54) is 4.90 Å². The number of rotatable bonds is 5. The first-order chi connectivity index (χ1) is 10.4. The SMILES string of the molecule is CCC(Oc1cccc(C)c1)C(=O)N1CCC(F)(C(=O)O)C1. The molecule has 1 aromatic carbocycles.